The number of methoxy groups -OCH3 is 1. The maximum Gasteiger partial charge on any atom is 0.0906 e. The molecule has 3 nitrogen and oxygen atoms in total. The Morgan fingerprint density at radius 2 is 2.13 bits per heavy atom. The van der Waals surface area contributed by atoms with Crippen LogP contribution >= 0.6 is 12.2 Å². The summed E-state index contributed by atoms with van der Waals surface area (Å²) >= 11 is 5.67. The fourth-order valence-corrected chi connectivity index (χ4v) is 3.58. The van der Waals surface area contributed by atoms with Crippen LogP contribution in [0.1, 0.15) is 18.1 Å². The molecule has 0 amide bonds. The number of fused-ring (bicyclic) bond motifs is 1. The minimum absolute atomic E-state index is 0.0208. The predicted octanol–water partition coefficient (Wildman–Crippen LogP) is 2.77. The van der Waals surface area contributed by atoms with Gasteiger partial charge in [-0.25, -0.2) is 0 Å². The molecular weight excluding hydrogens is 304 g/mol. The molecule has 3 unspecified atom stereocenters. The lowest BCUT2D eigenvalue weighted by molar-refractivity contribution is 0.0891. The molecule has 1 aromatic rings. The monoisotopic (exact) mass is 328 g/mol. The summed E-state index contributed by atoms with van der Waals surface area (Å²) in [5.41, 5.74) is 2.55. The van der Waals surface area contributed by atoms with E-state index in [-0.39, 0.29) is 11.5 Å². The van der Waals surface area contributed by atoms with Crippen LogP contribution in [0.3, 0.4) is 0 Å². The molecule has 0 bridgehead atoms. The van der Waals surface area contributed by atoms with Crippen molar-refractivity contribution in [1.82, 2.24) is 10.6 Å². The molecule has 0 fully saturated rings. The second-order valence-corrected chi connectivity index (χ2v) is 6.85. The van der Waals surface area contributed by atoms with Crippen molar-refractivity contribution in [3.63, 3.8) is 0 Å². The van der Waals surface area contributed by atoms with Gasteiger partial charge in [0.2, 0.25) is 0 Å². The van der Waals surface area contributed by atoms with Gasteiger partial charge >= 0.3 is 0 Å². The lowest BCUT2D eigenvalue weighted by Gasteiger charge is -2.36. The Kier molecular flexibility index (Phi) is 4.95. The summed E-state index contributed by atoms with van der Waals surface area (Å²) in [4.78, 5) is 0.839. The zero-order chi connectivity index (χ0) is 16.3. The van der Waals surface area contributed by atoms with E-state index >= 15 is 0 Å². The van der Waals surface area contributed by atoms with E-state index < -0.39 is 0 Å². The largest absolute Gasteiger partial charge is 0.377 e. The number of thiocarbonyl (C=S) groups is 1. The van der Waals surface area contributed by atoms with Gasteiger partial charge in [0.05, 0.1) is 16.5 Å². The molecule has 122 valence electrons. The van der Waals surface area contributed by atoms with Gasteiger partial charge in [-0.1, -0.05) is 60.8 Å². The van der Waals surface area contributed by atoms with Crippen molar-refractivity contribution in [1.29, 1.82) is 0 Å². The highest BCUT2D eigenvalue weighted by atomic mass is 32.1. The van der Waals surface area contributed by atoms with Gasteiger partial charge in [-0.3, -0.25) is 0 Å². The minimum atomic E-state index is -0.286. The maximum absolute atomic E-state index is 5.67. The number of hydrogen-bond donors (Lipinski definition) is 2. The zero-order valence-electron chi connectivity index (χ0n) is 13.7. The lowest BCUT2D eigenvalue weighted by atomic mass is 9.80. The standard InChI is InChI=1S/C19H24N2OS/c1-19(10-6-5-9-17(19)22-2)18(23)21-13-16-11-14-7-3-4-8-15(14)12-20-16/h3-10,16-17,20H,11-13H2,1-2H3,(H,21,23). The second kappa shape index (κ2) is 6.95. The first-order chi connectivity index (χ1) is 11.1. The van der Waals surface area contributed by atoms with Gasteiger partial charge < -0.3 is 15.4 Å². The first-order valence-electron chi connectivity index (χ1n) is 8.11. The van der Waals surface area contributed by atoms with Crippen LogP contribution in [0.2, 0.25) is 0 Å². The van der Waals surface area contributed by atoms with Crippen LogP contribution in [-0.2, 0) is 17.7 Å². The van der Waals surface area contributed by atoms with E-state index in [2.05, 4.69) is 54.0 Å². The fraction of sp³-hybridized carbons (Fsp3) is 0.421. The van der Waals surface area contributed by atoms with Crippen molar-refractivity contribution < 1.29 is 4.74 Å². The Morgan fingerprint density at radius 3 is 2.91 bits per heavy atom. The molecule has 0 spiro atoms. The normalized spacial score (nSPS) is 29.1. The summed E-state index contributed by atoms with van der Waals surface area (Å²) in [5, 5.41) is 7.05. The van der Waals surface area contributed by atoms with E-state index in [4.69, 9.17) is 17.0 Å². The Hall–Kier alpha value is -1.49. The SMILES string of the molecule is COC1C=CC=CC1(C)C(=S)NCC1Cc2ccccc2CN1. The summed E-state index contributed by atoms with van der Waals surface area (Å²) in [6.07, 6.45) is 9.25. The van der Waals surface area contributed by atoms with Crippen molar-refractivity contribution in [3.8, 4) is 0 Å². The molecule has 0 saturated carbocycles. The predicted molar refractivity (Wildman–Crippen MR) is 98.6 cm³/mol. The number of hydrogen-bond acceptors (Lipinski definition) is 3. The highest BCUT2D eigenvalue weighted by molar-refractivity contribution is 7.80. The summed E-state index contributed by atoms with van der Waals surface area (Å²) in [5.74, 6) is 0. The van der Waals surface area contributed by atoms with Gasteiger partial charge in [0.1, 0.15) is 0 Å². The number of nitrogens with one attached hydrogen (secondary N) is 2. The molecular formula is C19H24N2OS. The van der Waals surface area contributed by atoms with Crippen molar-refractivity contribution in [3.05, 3.63) is 59.7 Å². The van der Waals surface area contributed by atoms with Crippen molar-refractivity contribution in [2.45, 2.75) is 32.0 Å². The Balaban J connectivity index is 1.60. The maximum atomic E-state index is 5.67. The molecule has 2 aliphatic rings. The van der Waals surface area contributed by atoms with E-state index in [0.29, 0.717) is 6.04 Å². The third-order valence-electron chi connectivity index (χ3n) is 4.85. The molecule has 3 rings (SSSR count). The highest BCUT2D eigenvalue weighted by Crippen LogP contribution is 2.31. The zero-order valence-corrected chi connectivity index (χ0v) is 14.5. The third kappa shape index (κ3) is 3.39. The average molecular weight is 328 g/mol. The van der Waals surface area contributed by atoms with Crippen LogP contribution in [-0.4, -0.2) is 30.8 Å². The van der Waals surface area contributed by atoms with Gasteiger partial charge in [-0.05, 0) is 24.5 Å². The Bertz CT molecular complexity index is 640. The lowest BCUT2D eigenvalue weighted by Crippen LogP contribution is -2.50. The van der Waals surface area contributed by atoms with Crippen LogP contribution in [0.25, 0.3) is 0 Å². The Labute approximate surface area is 143 Å². The molecule has 1 aliphatic heterocycles. The summed E-state index contributed by atoms with van der Waals surface area (Å²) in [6.45, 7) is 3.88. The quantitative estimate of drug-likeness (QED) is 0.833. The summed E-state index contributed by atoms with van der Waals surface area (Å²) in [6, 6.07) is 9.03. The highest BCUT2D eigenvalue weighted by Gasteiger charge is 2.36. The smallest absolute Gasteiger partial charge is 0.0906 e. The van der Waals surface area contributed by atoms with Crippen LogP contribution in [0.15, 0.2) is 48.6 Å². The number of rotatable bonds is 4. The molecule has 4 heteroatoms. The van der Waals surface area contributed by atoms with Crippen LogP contribution in [0.4, 0.5) is 0 Å². The van der Waals surface area contributed by atoms with Crippen LogP contribution in [0, 0.1) is 5.41 Å². The van der Waals surface area contributed by atoms with E-state index in [9.17, 15) is 0 Å². The second-order valence-electron chi connectivity index (χ2n) is 6.44. The van der Waals surface area contributed by atoms with E-state index in [0.717, 1.165) is 24.5 Å². The molecule has 23 heavy (non-hydrogen) atoms. The molecule has 1 aliphatic carbocycles. The summed E-state index contributed by atoms with van der Waals surface area (Å²) in [7, 11) is 1.73. The van der Waals surface area contributed by atoms with Gasteiger partial charge in [0.15, 0.2) is 0 Å². The van der Waals surface area contributed by atoms with E-state index in [1.165, 1.54) is 11.1 Å². The van der Waals surface area contributed by atoms with Crippen molar-refractivity contribution in [2.24, 2.45) is 5.41 Å². The van der Waals surface area contributed by atoms with Crippen LogP contribution < -0.4 is 10.6 Å². The fourth-order valence-electron chi connectivity index (χ4n) is 3.32. The third-order valence-corrected chi connectivity index (χ3v) is 5.43. The van der Waals surface area contributed by atoms with Gasteiger partial charge in [0.25, 0.3) is 0 Å². The first-order valence-corrected chi connectivity index (χ1v) is 8.51. The van der Waals surface area contributed by atoms with Gasteiger partial charge in [-0.15, -0.1) is 0 Å². The minimum Gasteiger partial charge on any atom is -0.377 e. The molecule has 1 heterocycles. The Morgan fingerprint density at radius 1 is 1.35 bits per heavy atom. The van der Waals surface area contributed by atoms with Gasteiger partial charge in [-0.2, -0.15) is 0 Å². The number of ether oxygens (including phenoxy) is 1. The molecule has 1 aromatic carbocycles. The number of benzene rings is 1. The van der Waals surface area contributed by atoms with Crippen molar-refractivity contribution >= 4 is 17.2 Å². The van der Waals surface area contributed by atoms with E-state index in [1.54, 1.807) is 7.11 Å². The van der Waals surface area contributed by atoms with E-state index in [1.807, 2.05) is 12.2 Å². The number of allylic oxidation sites excluding steroid dienone is 2. The molecule has 0 radical (unpaired) electrons. The molecule has 0 aromatic heterocycles. The average Bonchev–Trinajstić information content (AvgIpc) is 2.59. The van der Waals surface area contributed by atoms with Gasteiger partial charge in [0, 0.05) is 26.2 Å². The summed E-state index contributed by atoms with van der Waals surface area (Å²) < 4.78 is 5.59. The molecule has 3 atom stereocenters. The first kappa shape index (κ1) is 16.4. The van der Waals surface area contributed by atoms with Crippen molar-refractivity contribution in [2.75, 3.05) is 13.7 Å². The molecule has 0 saturated heterocycles. The van der Waals surface area contributed by atoms with Crippen LogP contribution in [0.5, 0.6) is 0 Å². The topological polar surface area (TPSA) is 33.3 Å². The molecule has 2 N–H and O–H groups in total.